The Morgan fingerprint density at radius 2 is 1.10 bits per heavy atom. The van der Waals surface area contributed by atoms with Gasteiger partial charge >= 0.3 is 0 Å². The monoisotopic (exact) mass is 638 g/mol. The van der Waals surface area contributed by atoms with E-state index in [0.717, 1.165) is 29.9 Å². The van der Waals surface area contributed by atoms with Gasteiger partial charge in [0, 0.05) is 39.4 Å². The smallest absolute Gasteiger partial charge is 0.0537 e. The first-order chi connectivity index (χ1) is 24.8. The van der Waals surface area contributed by atoms with E-state index < -0.39 is 0 Å². The molecule has 1 aliphatic rings. The maximum Gasteiger partial charge on any atom is 0.0537 e. The summed E-state index contributed by atoms with van der Waals surface area (Å²) in [6.45, 7) is 0. The second kappa shape index (κ2) is 11.6. The highest BCUT2D eigenvalue weighted by atomic mass is 15.1. The van der Waals surface area contributed by atoms with Gasteiger partial charge in [0.1, 0.15) is 0 Å². The number of rotatable bonds is 5. The molecule has 0 radical (unpaired) electrons. The molecule has 8 aromatic carbocycles. The molecule has 236 valence electrons. The summed E-state index contributed by atoms with van der Waals surface area (Å²) in [5.74, 6) is 0. The predicted octanol–water partition coefficient (Wildman–Crippen LogP) is 13.2. The molecule has 0 N–H and O–H groups in total. The molecule has 10 rings (SSSR count). The number of fused-ring (bicyclic) bond motifs is 8. The van der Waals surface area contributed by atoms with Gasteiger partial charge in [0.15, 0.2) is 0 Å². The lowest BCUT2D eigenvalue weighted by atomic mass is 9.90. The van der Waals surface area contributed by atoms with Gasteiger partial charge < -0.3 is 9.47 Å². The highest BCUT2D eigenvalue weighted by Gasteiger charge is 2.19. The highest BCUT2D eigenvalue weighted by molar-refractivity contribution is 6.24. The van der Waals surface area contributed by atoms with E-state index in [1.165, 1.54) is 71.3 Å². The van der Waals surface area contributed by atoms with Gasteiger partial charge in [-0.15, -0.1) is 0 Å². The number of hydrogen-bond acceptors (Lipinski definition) is 1. The average Bonchev–Trinajstić information content (AvgIpc) is 3.53. The van der Waals surface area contributed by atoms with Crippen LogP contribution in [-0.2, 0) is 6.42 Å². The van der Waals surface area contributed by atoms with Gasteiger partial charge in [0.05, 0.1) is 5.52 Å². The van der Waals surface area contributed by atoms with Crippen molar-refractivity contribution >= 4 is 66.4 Å². The fourth-order valence-electron chi connectivity index (χ4n) is 8.14. The summed E-state index contributed by atoms with van der Waals surface area (Å²) in [6.07, 6.45) is 6.73. The largest absolute Gasteiger partial charge is 0.313 e. The third-order valence-electron chi connectivity index (χ3n) is 10.4. The molecule has 0 bridgehead atoms. The van der Waals surface area contributed by atoms with E-state index in [1.54, 1.807) is 0 Å². The number of allylic oxidation sites excluding steroid dienone is 1. The van der Waals surface area contributed by atoms with Crippen molar-refractivity contribution in [3.8, 4) is 16.8 Å². The van der Waals surface area contributed by atoms with Crippen molar-refractivity contribution in [1.29, 1.82) is 0 Å². The second-order valence-corrected chi connectivity index (χ2v) is 13.2. The maximum atomic E-state index is 2.46. The van der Waals surface area contributed by atoms with E-state index in [0.29, 0.717) is 0 Å². The van der Waals surface area contributed by atoms with Crippen LogP contribution in [0.3, 0.4) is 0 Å². The molecule has 0 spiro atoms. The van der Waals surface area contributed by atoms with Gasteiger partial charge in [0.2, 0.25) is 0 Å². The molecule has 1 heterocycles. The van der Waals surface area contributed by atoms with E-state index >= 15 is 0 Å². The van der Waals surface area contributed by atoms with Crippen LogP contribution < -0.4 is 4.90 Å². The van der Waals surface area contributed by atoms with Gasteiger partial charge in [-0.2, -0.15) is 0 Å². The number of para-hydroxylation sites is 2. The average molecular weight is 639 g/mol. The molecule has 2 heteroatoms. The van der Waals surface area contributed by atoms with Crippen LogP contribution >= 0.6 is 0 Å². The van der Waals surface area contributed by atoms with Crippen molar-refractivity contribution in [2.75, 3.05) is 4.90 Å². The Balaban J connectivity index is 1.08. The molecule has 9 aromatic rings. The lowest BCUT2D eigenvalue weighted by Gasteiger charge is -2.26. The Kier molecular flexibility index (Phi) is 6.67. The van der Waals surface area contributed by atoms with E-state index in [9.17, 15) is 0 Å². The molecular formula is C48H34N2. The molecular weight excluding hydrogens is 605 g/mol. The molecule has 0 saturated carbocycles. The third-order valence-corrected chi connectivity index (χ3v) is 10.4. The van der Waals surface area contributed by atoms with Gasteiger partial charge in [-0.1, -0.05) is 121 Å². The first-order valence-electron chi connectivity index (χ1n) is 17.5. The Morgan fingerprint density at radius 1 is 0.480 bits per heavy atom. The number of anilines is 3. The number of nitrogens with zero attached hydrogens (tertiary/aromatic N) is 2. The fourth-order valence-corrected chi connectivity index (χ4v) is 8.14. The molecule has 1 aliphatic carbocycles. The third kappa shape index (κ3) is 4.57. The van der Waals surface area contributed by atoms with Gasteiger partial charge in [-0.3, -0.25) is 0 Å². The van der Waals surface area contributed by atoms with Crippen molar-refractivity contribution in [3.63, 3.8) is 0 Å². The first-order valence-corrected chi connectivity index (χ1v) is 17.5. The lowest BCUT2D eigenvalue weighted by Crippen LogP contribution is -2.10. The van der Waals surface area contributed by atoms with Gasteiger partial charge in [-0.25, -0.2) is 0 Å². The van der Waals surface area contributed by atoms with Crippen LogP contribution in [0.25, 0.3) is 66.1 Å². The van der Waals surface area contributed by atoms with Crippen LogP contribution in [0.15, 0.2) is 176 Å². The minimum atomic E-state index is 1.05. The minimum Gasteiger partial charge on any atom is -0.313 e. The summed E-state index contributed by atoms with van der Waals surface area (Å²) in [5, 5.41) is 9.03. The summed E-state index contributed by atoms with van der Waals surface area (Å²) in [4.78, 5) is 2.35. The van der Waals surface area contributed by atoms with Crippen molar-refractivity contribution in [3.05, 3.63) is 187 Å². The molecule has 0 atom stereocenters. The summed E-state index contributed by atoms with van der Waals surface area (Å²) in [7, 11) is 0. The van der Waals surface area contributed by atoms with Crippen molar-refractivity contribution in [2.24, 2.45) is 0 Å². The van der Waals surface area contributed by atoms with Crippen LogP contribution in [0.5, 0.6) is 0 Å². The molecule has 2 nitrogen and oxygen atoms in total. The van der Waals surface area contributed by atoms with E-state index in [2.05, 4.69) is 191 Å². The van der Waals surface area contributed by atoms with Crippen LogP contribution in [-0.4, -0.2) is 4.57 Å². The van der Waals surface area contributed by atoms with Gasteiger partial charge in [0.25, 0.3) is 0 Å². The Morgan fingerprint density at radius 3 is 1.88 bits per heavy atom. The van der Waals surface area contributed by atoms with Crippen LogP contribution in [0.1, 0.15) is 17.7 Å². The van der Waals surface area contributed by atoms with Crippen molar-refractivity contribution in [2.45, 2.75) is 12.8 Å². The number of aromatic nitrogens is 1. The van der Waals surface area contributed by atoms with E-state index in [1.807, 2.05) is 0 Å². The van der Waals surface area contributed by atoms with Crippen molar-refractivity contribution < 1.29 is 0 Å². The molecule has 0 aliphatic heterocycles. The van der Waals surface area contributed by atoms with Crippen LogP contribution in [0.2, 0.25) is 0 Å². The van der Waals surface area contributed by atoms with Crippen LogP contribution in [0, 0.1) is 0 Å². The molecule has 50 heavy (non-hydrogen) atoms. The Bertz CT molecular complexity index is 2720. The van der Waals surface area contributed by atoms with Crippen LogP contribution in [0.4, 0.5) is 17.1 Å². The molecule has 0 fully saturated rings. The van der Waals surface area contributed by atoms with E-state index in [-0.39, 0.29) is 0 Å². The summed E-state index contributed by atoms with van der Waals surface area (Å²) in [5.41, 5.74) is 11.1. The molecule has 0 unspecified atom stereocenters. The normalized spacial score (nSPS) is 12.6. The Hall–Kier alpha value is -6.38. The highest BCUT2D eigenvalue weighted by Crippen LogP contribution is 2.41. The molecule has 1 aromatic heterocycles. The number of benzene rings is 8. The number of hydrogen-bond donors (Lipinski definition) is 0. The molecule has 0 amide bonds. The topological polar surface area (TPSA) is 8.17 Å². The zero-order valence-electron chi connectivity index (χ0n) is 27.6. The minimum absolute atomic E-state index is 1.05. The zero-order valence-corrected chi connectivity index (χ0v) is 27.6. The predicted molar refractivity (Wildman–Crippen MR) is 213 cm³/mol. The Labute approximate surface area is 291 Å². The summed E-state index contributed by atoms with van der Waals surface area (Å²) >= 11 is 0. The molecule has 0 saturated heterocycles. The zero-order chi connectivity index (χ0) is 33.0. The lowest BCUT2D eigenvalue weighted by molar-refractivity contribution is 0.888. The van der Waals surface area contributed by atoms with E-state index in [4.69, 9.17) is 0 Å². The summed E-state index contributed by atoms with van der Waals surface area (Å²) in [6, 6.07) is 62.0. The van der Waals surface area contributed by atoms with Crippen molar-refractivity contribution in [1.82, 2.24) is 4.57 Å². The maximum absolute atomic E-state index is 2.46. The fraction of sp³-hybridized carbons (Fsp3) is 0.0417. The summed E-state index contributed by atoms with van der Waals surface area (Å²) < 4.78 is 2.46. The standard InChI is InChI=1S/C48H34N2/c1-2-14-36(15-3-1)49(38-27-29-39(30-28-38)50-46-20-10-8-18-42(46)43-19-9-11-21-47(43)50)37-25-22-34(23-26-37)45-32-35-13-5-7-17-41(35)48-40-16-6-4-12-33(40)24-31-44(45)48/h1-10,12-20,22-32H,11,21H2. The SMILES string of the molecule is C1=Cc2c(n(-c3ccc(N(c4ccccc4)c4ccc(-c5cc6ccccc6c6c5ccc5ccccc56)cc4)cc3)c3ccccc23)CC1. The first kappa shape index (κ1) is 28.6. The van der Waals surface area contributed by atoms with Gasteiger partial charge in [-0.05, 0) is 117 Å². The quantitative estimate of drug-likeness (QED) is 0.170. The second-order valence-electron chi connectivity index (χ2n) is 13.2.